The molecule has 1 aromatic carbocycles. The molecule has 1 amide bonds. The van der Waals surface area contributed by atoms with E-state index in [0.717, 1.165) is 23.9 Å². The van der Waals surface area contributed by atoms with Crippen LogP contribution in [0.1, 0.15) is 33.6 Å². The third kappa shape index (κ3) is 4.99. The molecule has 0 radical (unpaired) electrons. The maximum atomic E-state index is 12.2. The van der Waals surface area contributed by atoms with Crippen LogP contribution >= 0.6 is 0 Å². The van der Waals surface area contributed by atoms with Gasteiger partial charge in [-0.2, -0.15) is 10.2 Å². The first-order chi connectivity index (χ1) is 14.9. The van der Waals surface area contributed by atoms with E-state index in [-0.39, 0.29) is 12.0 Å². The number of ether oxygens (including phenoxy) is 1. The Morgan fingerprint density at radius 1 is 1.19 bits per heavy atom. The number of carbonyl (C=O) groups excluding carboxylic acids is 1. The maximum Gasteiger partial charge on any atom is 0.410 e. The molecule has 1 saturated heterocycles. The van der Waals surface area contributed by atoms with E-state index < -0.39 is 5.60 Å². The lowest BCUT2D eigenvalue weighted by Gasteiger charge is -2.32. The second-order valence-electron chi connectivity index (χ2n) is 8.55. The van der Waals surface area contributed by atoms with Crippen LogP contribution in [0.5, 0.6) is 0 Å². The molecule has 0 bridgehead atoms. The number of hydrazone groups is 1. The number of likely N-dealkylation sites (tertiary alicyclic amines) is 1. The summed E-state index contributed by atoms with van der Waals surface area (Å²) in [5.74, 6) is 0.894. The Hall–Kier alpha value is -3.49. The summed E-state index contributed by atoms with van der Waals surface area (Å²) in [6.45, 7) is 6.96. The second kappa shape index (κ2) is 8.71. The molecule has 0 aliphatic carbocycles. The van der Waals surface area contributed by atoms with Gasteiger partial charge in [0, 0.05) is 19.3 Å². The van der Waals surface area contributed by atoms with Gasteiger partial charge in [-0.15, -0.1) is 0 Å². The number of nitrogens with zero attached hydrogens (tertiary/aromatic N) is 6. The minimum atomic E-state index is -0.476. The lowest BCUT2D eigenvalue weighted by atomic mass is 9.99. The van der Waals surface area contributed by atoms with Crippen LogP contribution in [0.4, 0.5) is 10.6 Å². The van der Waals surface area contributed by atoms with Crippen molar-refractivity contribution in [3.05, 3.63) is 42.9 Å². The Morgan fingerprint density at radius 2 is 1.94 bits per heavy atom. The molecular formula is C22H27N7O2. The van der Waals surface area contributed by atoms with Crippen LogP contribution in [-0.2, 0) is 4.74 Å². The number of hydrogen-bond acceptors (Lipinski definition) is 7. The number of amides is 1. The van der Waals surface area contributed by atoms with Crippen LogP contribution in [-0.4, -0.2) is 55.6 Å². The maximum absolute atomic E-state index is 12.2. The van der Waals surface area contributed by atoms with Gasteiger partial charge < -0.3 is 9.64 Å². The van der Waals surface area contributed by atoms with Gasteiger partial charge in [-0.25, -0.2) is 19.4 Å². The van der Waals surface area contributed by atoms with Crippen molar-refractivity contribution in [3.8, 4) is 5.69 Å². The fourth-order valence-electron chi connectivity index (χ4n) is 3.45. The van der Waals surface area contributed by atoms with Crippen LogP contribution < -0.4 is 5.43 Å². The van der Waals surface area contributed by atoms with Gasteiger partial charge in [0.15, 0.2) is 11.5 Å². The number of piperidine rings is 1. The predicted molar refractivity (Wildman–Crippen MR) is 119 cm³/mol. The van der Waals surface area contributed by atoms with E-state index >= 15 is 0 Å². The molecule has 162 valence electrons. The molecule has 1 fully saturated rings. The van der Waals surface area contributed by atoms with Crippen molar-refractivity contribution in [3.63, 3.8) is 0 Å². The molecule has 9 nitrogen and oxygen atoms in total. The number of aromatic nitrogens is 4. The molecule has 4 rings (SSSR count). The lowest BCUT2D eigenvalue weighted by molar-refractivity contribution is 0.0203. The normalized spacial score (nSPS) is 15.5. The zero-order valence-corrected chi connectivity index (χ0v) is 18.0. The van der Waals surface area contributed by atoms with Gasteiger partial charge in [-0.1, -0.05) is 18.2 Å². The Kier molecular flexibility index (Phi) is 5.83. The standard InChI is InChI=1S/C22H27N7O2/c1-22(2,3)31-21(30)28-11-9-16(10-12-28)13-25-27-19-18-14-26-29(20(18)24-15-23-19)17-7-5-4-6-8-17/h4-8,13-16H,9-12H2,1-3H3,(H,23,24,27). The van der Waals surface area contributed by atoms with Crippen LogP contribution in [0.25, 0.3) is 16.7 Å². The van der Waals surface area contributed by atoms with Gasteiger partial charge >= 0.3 is 6.09 Å². The molecule has 31 heavy (non-hydrogen) atoms. The highest BCUT2D eigenvalue weighted by atomic mass is 16.6. The molecular weight excluding hydrogens is 394 g/mol. The molecule has 1 aliphatic rings. The van der Waals surface area contributed by atoms with Gasteiger partial charge in [-0.3, -0.25) is 5.43 Å². The van der Waals surface area contributed by atoms with Crippen molar-refractivity contribution in [2.24, 2.45) is 11.0 Å². The fraction of sp³-hybridized carbons (Fsp3) is 0.409. The summed E-state index contributed by atoms with van der Waals surface area (Å²) >= 11 is 0. The lowest BCUT2D eigenvalue weighted by Crippen LogP contribution is -2.42. The number of para-hydroxylation sites is 1. The van der Waals surface area contributed by atoms with Gasteiger partial charge in [0.25, 0.3) is 0 Å². The monoisotopic (exact) mass is 421 g/mol. The Bertz CT molecular complexity index is 1060. The number of rotatable bonds is 4. The van der Waals surface area contributed by atoms with Crippen LogP contribution in [0.15, 0.2) is 48.0 Å². The number of carbonyl (C=O) groups is 1. The third-order valence-corrected chi connectivity index (χ3v) is 5.01. The topological polar surface area (TPSA) is 97.5 Å². The number of anilines is 1. The van der Waals surface area contributed by atoms with Gasteiger partial charge in [-0.05, 0) is 51.7 Å². The number of hydrogen-bond donors (Lipinski definition) is 1. The summed E-state index contributed by atoms with van der Waals surface area (Å²) in [5, 5.41) is 9.63. The largest absolute Gasteiger partial charge is 0.444 e. The van der Waals surface area contributed by atoms with Crippen molar-refractivity contribution in [1.29, 1.82) is 0 Å². The summed E-state index contributed by atoms with van der Waals surface area (Å²) in [4.78, 5) is 22.6. The summed E-state index contributed by atoms with van der Waals surface area (Å²) < 4.78 is 7.22. The zero-order valence-electron chi connectivity index (χ0n) is 18.0. The SMILES string of the molecule is CC(C)(C)OC(=O)N1CCC(C=NNc2ncnc3c2cnn3-c2ccccc2)CC1. The molecule has 1 aliphatic heterocycles. The average molecular weight is 422 g/mol. The van der Waals surface area contributed by atoms with E-state index in [1.807, 2.05) is 57.3 Å². The highest BCUT2D eigenvalue weighted by Crippen LogP contribution is 2.22. The molecule has 9 heteroatoms. The highest BCUT2D eigenvalue weighted by Gasteiger charge is 2.26. The van der Waals surface area contributed by atoms with Crippen molar-refractivity contribution < 1.29 is 9.53 Å². The van der Waals surface area contributed by atoms with E-state index in [1.165, 1.54) is 6.33 Å². The first-order valence-corrected chi connectivity index (χ1v) is 10.4. The first kappa shape index (κ1) is 20.8. The molecule has 3 heterocycles. The van der Waals surface area contributed by atoms with Crippen molar-refractivity contribution in [1.82, 2.24) is 24.6 Å². The third-order valence-electron chi connectivity index (χ3n) is 5.01. The second-order valence-corrected chi connectivity index (χ2v) is 8.55. The van der Waals surface area contributed by atoms with Crippen LogP contribution in [0.3, 0.4) is 0 Å². The Morgan fingerprint density at radius 3 is 2.65 bits per heavy atom. The smallest absolute Gasteiger partial charge is 0.410 e. The van der Waals surface area contributed by atoms with E-state index in [2.05, 4.69) is 25.6 Å². The summed E-state index contributed by atoms with van der Waals surface area (Å²) in [6.07, 6.45) is 6.56. The van der Waals surface area contributed by atoms with E-state index in [9.17, 15) is 4.79 Å². The van der Waals surface area contributed by atoms with E-state index in [0.29, 0.717) is 24.6 Å². The molecule has 0 spiro atoms. The molecule has 2 aromatic heterocycles. The Labute approximate surface area is 181 Å². The van der Waals surface area contributed by atoms with Gasteiger partial charge in [0.1, 0.15) is 11.9 Å². The van der Waals surface area contributed by atoms with Gasteiger partial charge in [0.05, 0.1) is 17.3 Å². The van der Waals surface area contributed by atoms with Crippen LogP contribution in [0, 0.1) is 5.92 Å². The molecule has 0 saturated carbocycles. The predicted octanol–water partition coefficient (Wildman–Crippen LogP) is 3.86. The Balaban J connectivity index is 1.37. The first-order valence-electron chi connectivity index (χ1n) is 10.4. The molecule has 0 unspecified atom stereocenters. The van der Waals surface area contributed by atoms with Crippen molar-refractivity contribution in [2.45, 2.75) is 39.2 Å². The molecule has 1 N–H and O–H groups in total. The fourth-order valence-corrected chi connectivity index (χ4v) is 3.45. The number of nitrogens with one attached hydrogen (secondary N) is 1. The van der Waals surface area contributed by atoms with Crippen molar-refractivity contribution >= 4 is 29.2 Å². The molecule has 3 aromatic rings. The summed E-state index contributed by atoms with van der Waals surface area (Å²) in [7, 11) is 0. The minimum Gasteiger partial charge on any atom is -0.444 e. The summed E-state index contributed by atoms with van der Waals surface area (Å²) in [6, 6.07) is 9.83. The summed E-state index contributed by atoms with van der Waals surface area (Å²) in [5.41, 5.74) is 4.19. The minimum absolute atomic E-state index is 0.250. The van der Waals surface area contributed by atoms with Crippen LogP contribution in [0.2, 0.25) is 0 Å². The van der Waals surface area contributed by atoms with Crippen molar-refractivity contribution in [2.75, 3.05) is 18.5 Å². The number of fused-ring (bicyclic) bond motifs is 1. The van der Waals surface area contributed by atoms with E-state index in [1.54, 1.807) is 15.8 Å². The highest BCUT2D eigenvalue weighted by molar-refractivity contribution is 5.87. The average Bonchev–Trinajstić information content (AvgIpc) is 3.19. The zero-order chi connectivity index (χ0) is 21.8. The quantitative estimate of drug-likeness (QED) is 0.507. The molecule has 0 atom stereocenters. The van der Waals surface area contributed by atoms with E-state index in [4.69, 9.17) is 4.74 Å². The number of benzene rings is 1. The van der Waals surface area contributed by atoms with Gasteiger partial charge in [0.2, 0.25) is 0 Å².